The number of hydrogen-bond donors (Lipinski definition) is 5. The van der Waals surface area contributed by atoms with E-state index < -0.39 is 18.2 Å². The highest BCUT2D eigenvalue weighted by Crippen LogP contribution is 2.28. The first kappa shape index (κ1) is 27.1. The summed E-state index contributed by atoms with van der Waals surface area (Å²) in [5, 5.41) is 16.0. The van der Waals surface area contributed by atoms with Crippen LogP contribution in [0.25, 0.3) is 0 Å². The van der Waals surface area contributed by atoms with Gasteiger partial charge >= 0.3 is 6.03 Å². The summed E-state index contributed by atoms with van der Waals surface area (Å²) in [6.45, 7) is 7.65. The van der Waals surface area contributed by atoms with E-state index in [2.05, 4.69) is 15.6 Å². The number of nitrogens with two attached hydrogens (primary N) is 1. The van der Waals surface area contributed by atoms with Gasteiger partial charge in [0.1, 0.15) is 6.04 Å². The fourth-order valence-electron chi connectivity index (χ4n) is 4.11. The van der Waals surface area contributed by atoms with Crippen molar-refractivity contribution in [1.82, 2.24) is 16.1 Å². The molecule has 0 radical (unpaired) electrons. The van der Waals surface area contributed by atoms with E-state index in [0.717, 1.165) is 6.42 Å². The van der Waals surface area contributed by atoms with Crippen molar-refractivity contribution >= 4 is 18.2 Å². The highest BCUT2D eigenvalue weighted by Gasteiger charge is 2.27. The molecule has 1 aliphatic carbocycles. The minimum atomic E-state index is -0.790. The molecule has 31 heavy (non-hydrogen) atoms. The molecule has 0 aromatic carbocycles. The zero-order valence-corrected chi connectivity index (χ0v) is 19.7. The van der Waals surface area contributed by atoms with Crippen LogP contribution in [0.5, 0.6) is 0 Å². The average molecular weight is 438 g/mol. The molecule has 1 aliphatic rings. The van der Waals surface area contributed by atoms with Crippen LogP contribution < -0.4 is 21.9 Å². The number of urea groups is 1. The average Bonchev–Trinajstić information content (AvgIpc) is 2.76. The predicted octanol–water partition coefficient (Wildman–Crippen LogP) is 3.16. The Labute approximate surface area is 187 Å². The molecule has 0 heterocycles. The van der Waals surface area contributed by atoms with Gasteiger partial charge in [0.05, 0.1) is 6.10 Å². The minimum Gasteiger partial charge on any atom is -0.393 e. The van der Waals surface area contributed by atoms with Crippen molar-refractivity contribution in [2.24, 2.45) is 22.7 Å². The van der Waals surface area contributed by atoms with Gasteiger partial charge in [0.15, 0.2) is 0 Å². The normalized spacial score (nSPS) is 18.6. The smallest absolute Gasteiger partial charge is 0.329 e. The molecule has 3 unspecified atom stereocenters. The highest BCUT2D eigenvalue weighted by molar-refractivity contribution is 5.87. The lowest BCUT2D eigenvalue weighted by Crippen LogP contribution is -2.53. The van der Waals surface area contributed by atoms with Gasteiger partial charge < -0.3 is 15.7 Å². The van der Waals surface area contributed by atoms with Crippen molar-refractivity contribution in [1.29, 1.82) is 0 Å². The van der Waals surface area contributed by atoms with Crippen LogP contribution in [-0.4, -0.2) is 41.4 Å². The molecule has 0 saturated heterocycles. The Kier molecular flexibility index (Phi) is 13.1. The number of amides is 3. The van der Waals surface area contributed by atoms with E-state index in [1.165, 1.54) is 32.1 Å². The van der Waals surface area contributed by atoms with Gasteiger partial charge in [0.25, 0.3) is 0 Å². The lowest BCUT2D eigenvalue weighted by molar-refractivity contribution is -0.123. The second-order valence-electron chi connectivity index (χ2n) is 8.88. The summed E-state index contributed by atoms with van der Waals surface area (Å²) in [7, 11) is 0. The molecule has 0 aromatic heterocycles. The highest BCUT2D eigenvalue weighted by atomic mass is 16.3. The van der Waals surface area contributed by atoms with Crippen molar-refractivity contribution < 1.29 is 14.7 Å². The van der Waals surface area contributed by atoms with Crippen molar-refractivity contribution in [3.63, 3.8) is 0 Å². The largest absolute Gasteiger partial charge is 0.393 e. The minimum absolute atomic E-state index is 0.0435. The number of hydrazine groups is 1. The van der Waals surface area contributed by atoms with E-state index in [4.69, 9.17) is 5.84 Å². The number of carbonyl (C=O) groups is 2. The quantitative estimate of drug-likeness (QED) is 0.139. The number of hydrogen-bond acceptors (Lipinski definition) is 5. The fourth-order valence-corrected chi connectivity index (χ4v) is 4.11. The number of aliphatic hydroxyl groups is 1. The van der Waals surface area contributed by atoms with Crippen LogP contribution in [-0.2, 0) is 4.79 Å². The van der Waals surface area contributed by atoms with Gasteiger partial charge in [-0.05, 0) is 44.9 Å². The summed E-state index contributed by atoms with van der Waals surface area (Å²) in [5.41, 5.74) is 2.73. The molecule has 6 N–H and O–H groups in total. The summed E-state index contributed by atoms with van der Waals surface area (Å²) in [6.07, 6.45) is 11.7. The first-order valence-corrected chi connectivity index (χ1v) is 11.7. The lowest BCUT2D eigenvalue weighted by atomic mass is 9.83. The van der Waals surface area contributed by atoms with Crippen LogP contribution in [0.15, 0.2) is 16.8 Å². The molecule has 8 heteroatoms. The zero-order chi connectivity index (χ0) is 23.2. The third kappa shape index (κ3) is 10.8. The Balaban J connectivity index is 2.89. The Bertz CT molecular complexity index is 600. The van der Waals surface area contributed by atoms with Crippen LogP contribution >= 0.6 is 0 Å². The maximum Gasteiger partial charge on any atom is 0.329 e. The van der Waals surface area contributed by atoms with Gasteiger partial charge in [-0.3, -0.25) is 15.2 Å². The molecule has 3 atom stereocenters. The van der Waals surface area contributed by atoms with Crippen LogP contribution in [0.1, 0.15) is 85.5 Å². The third-order valence-electron chi connectivity index (χ3n) is 6.06. The molecule has 1 saturated carbocycles. The predicted molar refractivity (Wildman–Crippen MR) is 125 cm³/mol. The molecule has 178 valence electrons. The Morgan fingerprint density at radius 1 is 1.13 bits per heavy atom. The molecular weight excluding hydrogens is 394 g/mol. The number of aliphatic imine (C=N–C) groups is 1. The van der Waals surface area contributed by atoms with Gasteiger partial charge in [0.2, 0.25) is 5.91 Å². The van der Waals surface area contributed by atoms with E-state index in [1.54, 1.807) is 13.1 Å². The van der Waals surface area contributed by atoms with E-state index >= 15 is 0 Å². The van der Waals surface area contributed by atoms with Gasteiger partial charge in [-0.1, -0.05) is 52.0 Å². The maximum absolute atomic E-state index is 13.1. The molecule has 0 spiro atoms. The molecule has 1 rings (SSSR count). The van der Waals surface area contributed by atoms with Crippen LogP contribution in [0.3, 0.4) is 0 Å². The number of allylic oxidation sites excluding steroid dienone is 1. The molecule has 0 bridgehead atoms. The summed E-state index contributed by atoms with van der Waals surface area (Å²) in [5.74, 6) is 5.72. The number of nitrogens with zero attached hydrogens (tertiary/aromatic N) is 1. The standard InChI is InChI=1S/C23H43N5O3/c1-5-18(25-6-2)15-20(27-23(31)28-24)22(30)26-19(12-13-21(29)16(3)4)14-17-10-8-7-9-11-17/h5-6,16-17,19-21,29H,7-15,24H2,1-4H3,(H,26,30)(H2,27,28,31)/b18-5-,25-6?. The Morgan fingerprint density at radius 2 is 1.81 bits per heavy atom. The first-order valence-electron chi connectivity index (χ1n) is 11.7. The monoisotopic (exact) mass is 437 g/mol. The molecule has 0 aliphatic heterocycles. The summed E-state index contributed by atoms with van der Waals surface area (Å²) < 4.78 is 0. The molecule has 1 fully saturated rings. The van der Waals surface area contributed by atoms with E-state index in [0.29, 0.717) is 24.5 Å². The topological polar surface area (TPSA) is 129 Å². The number of rotatable bonds is 12. The van der Waals surface area contributed by atoms with Crippen LogP contribution in [0, 0.1) is 11.8 Å². The summed E-state index contributed by atoms with van der Waals surface area (Å²) in [6, 6.07) is -1.45. The Morgan fingerprint density at radius 3 is 2.35 bits per heavy atom. The van der Waals surface area contributed by atoms with Gasteiger partial charge in [-0.15, -0.1) is 0 Å². The SMILES string of the molecule is CC=N/C(=C\C)CC(NC(=O)NN)C(=O)NC(CCC(O)C(C)C)CC1CCCCC1. The van der Waals surface area contributed by atoms with E-state index in [1.807, 2.05) is 32.3 Å². The summed E-state index contributed by atoms with van der Waals surface area (Å²) >= 11 is 0. The second kappa shape index (κ2) is 15.0. The van der Waals surface area contributed by atoms with Crippen LogP contribution in [0.2, 0.25) is 0 Å². The summed E-state index contributed by atoms with van der Waals surface area (Å²) in [4.78, 5) is 29.2. The van der Waals surface area contributed by atoms with Crippen molar-refractivity contribution in [2.45, 2.75) is 104 Å². The van der Waals surface area contributed by atoms with Gasteiger partial charge in [-0.2, -0.15) is 0 Å². The van der Waals surface area contributed by atoms with E-state index in [9.17, 15) is 14.7 Å². The molecule has 3 amide bonds. The van der Waals surface area contributed by atoms with Gasteiger partial charge in [-0.25, -0.2) is 10.6 Å². The molecular formula is C23H43N5O3. The zero-order valence-electron chi connectivity index (χ0n) is 19.7. The van der Waals surface area contributed by atoms with Gasteiger partial charge in [0, 0.05) is 24.4 Å². The Hall–Kier alpha value is -1.93. The second-order valence-corrected chi connectivity index (χ2v) is 8.88. The maximum atomic E-state index is 13.1. The van der Waals surface area contributed by atoms with Crippen molar-refractivity contribution in [3.05, 3.63) is 11.8 Å². The molecule has 8 nitrogen and oxygen atoms in total. The number of carbonyl (C=O) groups excluding carboxylic acids is 2. The van der Waals surface area contributed by atoms with E-state index in [-0.39, 0.29) is 24.3 Å². The third-order valence-corrected chi connectivity index (χ3v) is 6.06. The van der Waals surface area contributed by atoms with Crippen LogP contribution in [0.4, 0.5) is 4.79 Å². The first-order chi connectivity index (χ1) is 14.8. The fraction of sp³-hybridized carbons (Fsp3) is 0.783. The number of aliphatic hydroxyl groups excluding tert-OH is 1. The lowest BCUT2D eigenvalue weighted by Gasteiger charge is -2.29. The van der Waals surface area contributed by atoms with Crippen molar-refractivity contribution in [3.8, 4) is 0 Å². The van der Waals surface area contributed by atoms with Crippen molar-refractivity contribution in [2.75, 3.05) is 0 Å². The molecule has 0 aromatic rings. The number of nitrogens with one attached hydrogen (secondary N) is 3.